The first-order valence-corrected chi connectivity index (χ1v) is 7.55. The maximum Gasteiger partial charge on any atom is 0.224 e. The Bertz CT molecular complexity index is 409. The van der Waals surface area contributed by atoms with Crippen molar-refractivity contribution >= 4 is 0 Å². The van der Waals surface area contributed by atoms with Crippen LogP contribution >= 0.6 is 0 Å². The number of aliphatic hydroxyl groups excluding tert-OH is 8. The third-order valence-corrected chi connectivity index (χ3v) is 4.30. The standard InChI is InChI=1S/C13H24O11/c14-2-1-5-7(17)9(19)10(20)12(22-5)24-13(4-16)11(21)8(18)6(3-15)23-13/h5-12,14-21H,1-4H2/t5-,6-,7-,8-,9+,10-,11+,12-,13+/m1/s1. The first-order valence-electron chi connectivity index (χ1n) is 7.55. The zero-order valence-electron chi connectivity index (χ0n) is 12.7. The van der Waals surface area contributed by atoms with E-state index in [1.165, 1.54) is 0 Å². The van der Waals surface area contributed by atoms with Gasteiger partial charge in [0.25, 0.3) is 0 Å². The van der Waals surface area contributed by atoms with E-state index in [1.54, 1.807) is 0 Å². The summed E-state index contributed by atoms with van der Waals surface area (Å²) in [6.45, 7) is -1.98. The highest BCUT2D eigenvalue weighted by Gasteiger charge is 2.58. The minimum atomic E-state index is -2.20. The molecule has 2 rings (SSSR count). The summed E-state index contributed by atoms with van der Waals surface area (Å²) in [5.74, 6) is -2.20. The van der Waals surface area contributed by atoms with Gasteiger partial charge in [0.05, 0.1) is 12.7 Å². The molecule has 0 saturated carbocycles. The van der Waals surface area contributed by atoms with Gasteiger partial charge in [-0.1, -0.05) is 0 Å². The predicted molar refractivity (Wildman–Crippen MR) is 73.3 cm³/mol. The van der Waals surface area contributed by atoms with Crippen molar-refractivity contribution in [2.75, 3.05) is 19.8 Å². The van der Waals surface area contributed by atoms with E-state index >= 15 is 0 Å². The first-order chi connectivity index (χ1) is 11.3. The molecule has 0 unspecified atom stereocenters. The summed E-state index contributed by atoms with van der Waals surface area (Å²) in [5.41, 5.74) is 0. The molecule has 0 aromatic carbocycles. The van der Waals surface area contributed by atoms with E-state index in [0.717, 1.165) is 0 Å². The van der Waals surface area contributed by atoms with Crippen molar-refractivity contribution in [2.24, 2.45) is 0 Å². The largest absolute Gasteiger partial charge is 0.396 e. The topological polar surface area (TPSA) is 190 Å². The third kappa shape index (κ3) is 3.43. The Morgan fingerprint density at radius 2 is 1.50 bits per heavy atom. The number of hydrogen-bond acceptors (Lipinski definition) is 11. The average Bonchev–Trinajstić information content (AvgIpc) is 2.82. The number of hydrogen-bond donors (Lipinski definition) is 8. The Kier molecular flexibility index (Phi) is 6.50. The summed E-state index contributed by atoms with van der Waals surface area (Å²) < 4.78 is 15.7. The quantitative estimate of drug-likeness (QED) is 0.227. The van der Waals surface area contributed by atoms with Crippen LogP contribution in [0.15, 0.2) is 0 Å². The Labute approximate surface area is 137 Å². The molecular weight excluding hydrogens is 332 g/mol. The monoisotopic (exact) mass is 356 g/mol. The minimum absolute atomic E-state index is 0.0672. The molecule has 8 N–H and O–H groups in total. The van der Waals surface area contributed by atoms with E-state index in [2.05, 4.69) is 0 Å². The third-order valence-electron chi connectivity index (χ3n) is 4.30. The van der Waals surface area contributed by atoms with Gasteiger partial charge in [-0.2, -0.15) is 0 Å². The summed E-state index contributed by atoms with van der Waals surface area (Å²) >= 11 is 0. The van der Waals surface area contributed by atoms with E-state index < -0.39 is 68.0 Å². The summed E-state index contributed by atoms with van der Waals surface area (Å²) in [5, 5.41) is 77.1. The fourth-order valence-electron chi connectivity index (χ4n) is 2.85. The van der Waals surface area contributed by atoms with Crippen molar-refractivity contribution in [2.45, 2.75) is 61.2 Å². The lowest BCUT2D eigenvalue weighted by atomic mass is 9.97. The second-order valence-electron chi connectivity index (χ2n) is 5.89. The van der Waals surface area contributed by atoms with Crippen LogP contribution in [0.25, 0.3) is 0 Å². The van der Waals surface area contributed by atoms with Gasteiger partial charge in [-0.05, 0) is 6.42 Å². The fourth-order valence-corrected chi connectivity index (χ4v) is 2.85. The zero-order chi connectivity index (χ0) is 18.1. The molecular formula is C13H24O11. The molecule has 11 heteroatoms. The summed E-state index contributed by atoms with van der Waals surface area (Å²) in [7, 11) is 0. The van der Waals surface area contributed by atoms with E-state index in [0.29, 0.717) is 0 Å². The van der Waals surface area contributed by atoms with Gasteiger partial charge in [-0.25, -0.2) is 0 Å². The second kappa shape index (κ2) is 7.85. The van der Waals surface area contributed by atoms with Crippen molar-refractivity contribution in [3.63, 3.8) is 0 Å². The summed E-state index contributed by atoms with van der Waals surface area (Å²) in [6, 6.07) is 0. The van der Waals surface area contributed by atoms with Gasteiger partial charge in [0, 0.05) is 6.61 Å². The zero-order valence-corrected chi connectivity index (χ0v) is 12.7. The Morgan fingerprint density at radius 3 is 2.00 bits per heavy atom. The van der Waals surface area contributed by atoms with Crippen LogP contribution in [0.4, 0.5) is 0 Å². The normalized spacial score (nSPS) is 49.5. The van der Waals surface area contributed by atoms with Crippen LogP contribution < -0.4 is 0 Å². The van der Waals surface area contributed by atoms with Gasteiger partial charge in [0.1, 0.15) is 43.2 Å². The van der Waals surface area contributed by atoms with Crippen LogP contribution in [-0.4, -0.2) is 115 Å². The molecule has 0 aliphatic carbocycles. The van der Waals surface area contributed by atoms with Gasteiger partial charge in [0.2, 0.25) is 5.79 Å². The molecule has 2 fully saturated rings. The highest BCUT2D eigenvalue weighted by molar-refractivity contribution is 4.98. The molecule has 0 bridgehead atoms. The van der Waals surface area contributed by atoms with E-state index in [-0.39, 0.29) is 13.0 Å². The Morgan fingerprint density at radius 1 is 0.833 bits per heavy atom. The predicted octanol–water partition coefficient (Wildman–Crippen LogP) is -5.01. The summed E-state index contributed by atoms with van der Waals surface area (Å²) in [4.78, 5) is 0. The highest BCUT2D eigenvalue weighted by Crippen LogP contribution is 2.36. The smallest absolute Gasteiger partial charge is 0.224 e. The molecule has 2 aliphatic rings. The van der Waals surface area contributed by atoms with Crippen LogP contribution in [0.2, 0.25) is 0 Å². The molecule has 9 atom stereocenters. The Balaban J connectivity index is 2.17. The molecule has 0 aromatic heterocycles. The van der Waals surface area contributed by atoms with Gasteiger partial charge in [0.15, 0.2) is 6.29 Å². The van der Waals surface area contributed by atoms with Crippen LogP contribution in [0.3, 0.4) is 0 Å². The average molecular weight is 356 g/mol. The lowest BCUT2D eigenvalue weighted by Gasteiger charge is -2.43. The van der Waals surface area contributed by atoms with Crippen LogP contribution in [0.5, 0.6) is 0 Å². The molecule has 24 heavy (non-hydrogen) atoms. The molecule has 0 radical (unpaired) electrons. The minimum Gasteiger partial charge on any atom is -0.396 e. The van der Waals surface area contributed by atoms with Gasteiger partial charge in [-0.3, -0.25) is 0 Å². The molecule has 0 spiro atoms. The molecule has 2 aliphatic heterocycles. The van der Waals surface area contributed by atoms with Crippen LogP contribution in [0, 0.1) is 0 Å². The maximum atomic E-state index is 10.1. The van der Waals surface area contributed by atoms with Crippen LogP contribution in [0.1, 0.15) is 6.42 Å². The van der Waals surface area contributed by atoms with Crippen molar-refractivity contribution in [3.8, 4) is 0 Å². The lowest BCUT2D eigenvalue weighted by molar-refractivity contribution is -0.382. The van der Waals surface area contributed by atoms with E-state index in [4.69, 9.17) is 24.4 Å². The van der Waals surface area contributed by atoms with Crippen molar-refractivity contribution in [1.29, 1.82) is 0 Å². The molecule has 0 amide bonds. The SMILES string of the molecule is OCC[C@H]1O[C@H](O[C@]2(CO)O[C@H](CO)[C@@H](O)[C@@H]2O)[C@H](O)[C@@H](O)[C@@H]1O. The first kappa shape index (κ1) is 19.9. The van der Waals surface area contributed by atoms with Crippen molar-refractivity contribution in [3.05, 3.63) is 0 Å². The molecule has 11 nitrogen and oxygen atoms in total. The Hall–Kier alpha value is -0.440. The van der Waals surface area contributed by atoms with Gasteiger partial charge in [-0.15, -0.1) is 0 Å². The van der Waals surface area contributed by atoms with E-state index in [1.807, 2.05) is 0 Å². The number of aliphatic hydroxyl groups is 8. The molecule has 0 aromatic rings. The maximum absolute atomic E-state index is 10.1. The van der Waals surface area contributed by atoms with Crippen molar-refractivity contribution < 1.29 is 55.1 Å². The number of ether oxygens (including phenoxy) is 3. The summed E-state index contributed by atoms with van der Waals surface area (Å²) in [6.07, 6.45) is -12.3. The van der Waals surface area contributed by atoms with E-state index in [9.17, 15) is 30.6 Å². The second-order valence-corrected chi connectivity index (χ2v) is 5.89. The van der Waals surface area contributed by atoms with Gasteiger partial charge >= 0.3 is 0 Å². The molecule has 2 saturated heterocycles. The molecule has 2 heterocycles. The van der Waals surface area contributed by atoms with Gasteiger partial charge < -0.3 is 55.1 Å². The van der Waals surface area contributed by atoms with Crippen LogP contribution in [-0.2, 0) is 14.2 Å². The lowest BCUT2D eigenvalue weighted by Crippen LogP contribution is -2.62. The fraction of sp³-hybridized carbons (Fsp3) is 1.00. The number of rotatable bonds is 6. The molecule has 142 valence electrons. The highest BCUT2D eigenvalue weighted by atomic mass is 16.8. The van der Waals surface area contributed by atoms with Crippen molar-refractivity contribution in [1.82, 2.24) is 0 Å².